The lowest BCUT2D eigenvalue weighted by Crippen LogP contribution is -2.29. The second-order valence-corrected chi connectivity index (χ2v) is 7.55. The van der Waals surface area contributed by atoms with Gasteiger partial charge in [0.2, 0.25) is 0 Å². The van der Waals surface area contributed by atoms with Gasteiger partial charge in [-0.3, -0.25) is 14.4 Å². The number of benzene rings is 2. The standard InChI is InChI=1S/C25H24O7/c1-15(2)8-11-21(32-22(29)12-13-31-16-6-4-3-5-7-16)17-14-20(28)23-18(26)9-10-19(27)24(23)25(17)30/h3-10,14,21,26-27H,11-13H2,1-2H3/t21-/m1/s1. The molecule has 0 heterocycles. The van der Waals surface area contributed by atoms with Gasteiger partial charge in [-0.1, -0.05) is 29.8 Å². The van der Waals surface area contributed by atoms with Crippen LogP contribution in [-0.4, -0.2) is 40.5 Å². The maximum atomic E-state index is 13.1. The number of carbonyl (C=O) groups excluding carboxylic acids is 3. The summed E-state index contributed by atoms with van der Waals surface area (Å²) in [6, 6.07) is 11.3. The highest BCUT2D eigenvalue weighted by atomic mass is 16.5. The zero-order chi connectivity index (χ0) is 23.3. The summed E-state index contributed by atoms with van der Waals surface area (Å²) < 4.78 is 11.0. The van der Waals surface area contributed by atoms with Crippen molar-refractivity contribution in [2.45, 2.75) is 32.8 Å². The number of Topliss-reactive ketones (excluding diaryl/α,β-unsaturated/α-hetero) is 1. The van der Waals surface area contributed by atoms with Crippen LogP contribution in [0.25, 0.3) is 0 Å². The van der Waals surface area contributed by atoms with Gasteiger partial charge in [0.1, 0.15) is 23.4 Å². The van der Waals surface area contributed by atoms with E-state index in [4.69, 9.17) is 9.47 Å². The number of hydrogen-bond acceptors (Lipinski definition) is 7. The molecule has 0 bridgehead atoms. The van der Waals surface area contributed by atoms with Crippen molar-refractivity contribution in [1.29, 1.82) is 0 Å². The largest absolute Gasteiger partial charge is 0.507 e. The molecule has 0 spiro atoms. The smallest absolute Gasteiger partial charge is 0.309 e. The number of rotatable bonds is 8. The van der Waals surface area contributed by atoms with Crippen molar-refractivity contribution in [1.82, 2.24) is 0 Å². The number of phenols is 2. The summed E-state index contributed by atoms with van der Waals surface area (Å²) >= 11 is 0. The maximum Gasteiger partial charge on any atom is 0.309 e. The average Bonchev–Trinajstić information content (AvgIpc) is 2.76. The van der Waals surface area contributed by atoms with Crippen LogP contribution in [0.4, 0.5) is 0 Å². The number of phenolic OH excluding ortho intramolecular Hbond substituents is 2. The zero-order valence-corrected chi connectivity index (χ0v) is 17.8. The van der Waals surface area contributed by atoms with Crippen LogP contribution >= 0.6 is 0 Å². The van der Waals surface area contributed by atoms with Crippen molar-refractivity contribution in [2.24, 2.45) is 0 Å². The van der Waals surface area contributed by atoms with Gasteiger partial charge in [-0.25, -0.2) is 0 Å². The summed E-state index contributed by atoms with van der Waals surface area (Å²) in [4.78, 5) is 38.1. The minimum Gasteiger partial charge on any atom is -0.507 e. The van der Waals surface area contributed by atoms with Gasteiger partial charge >= 0.3 is 5.97 Å². The number of ether oxygens (including phenoxy) is 2. The Kier molecular flexibility index (Phi) is 7.10. The van der Waals surface area contributed by atoms with E-state index in [-0.39, 0.29) is 36.1 Å². The van der Waals surface area contributed by atoms with E-state index in [0.29, 0.717) is 5.75 Å². The summed E-state index contributed by atoms with van der Waals surface area (Å²) in [7, 11) is 0. The van der Waals surface area contributed by atoms with Crippen LogP contribution in [0.3, 0.4) is 0 Å². The molecule has 0 saturated heterocycles. The van der Waals surface area contributed by atoms with Crippen LogP contribution in [0, 0.1) is 0 Å². The topological polar surface area (TPSA) is 110 Å². The van der Waals surface area contributed by atoms with E-state index in [0.717, 1.165) is 23.8 Å². The molecule has 2 N–H and O–H groups in total. The number of para-hydroxylation sites is 1. The lowest BCUT2D eigenvalue weighted by molar-refractivity contribution is -0.147. The fraction of sp³-hybridized carbons (Fsp3) is 0.240. The van der Waals surface area contributed by atoms with E-state index in [1.54, 1.807) is 18.2 Å². The van der Waals surface area contributed by atoms with Gasteiger partial charge in [-0.15, -0.1) is 0 Å². The monoisotopic (exact) mass is 436 g/mol. The van der Waals surface area contributed by atoms with Gasteiger partial charge < -0.3 is 19.7 Å². The van der Waals surface area contributed by atoms with Gasteiger partial charge in [-0.05, 0) is 44.2 Å². The molecule has 7 nitrogen and oxygen atoms in total. The molecule has 0 aliphatic heterocycles. The molecular formula is C25H24O7. The van der Waals surface area contributed by atoms with Crippen LogP contribution < -0.4 is 4.74 Å². The van der Waals surface area contributed by atoms with E-state index in [1.165, 1.54) is 0 Å². The molecule has 0 radical (unpaired) electrons. The molecule has 2 aromatic rings. The van der Waals surface area contributed by atoms with Crippen LogP contribution in [0.5, 0.6) is 17.2 Å². The quantitative estimate of drug-likeness (QED) is 0.363. The first-order chi connectivity index (χ1) is 15.3. The van der Waals surface area contributed by atoms with Crippen molar-refractivity contribution in [3.8, 4) is 17.2 Å². The Morgan fingerprint density at radius 2 is 1.66 bits per heavy atom. The highest BCUT2D eigenvalue weighted by molar-refractivity contribution is 6.27. The molecular weight excluding hydrogens is 412 g/mol. The van der Waals surface area contributed by atoms with Crippen molar-refractivity contribution in [2.75, 3.05) is 6.61 Å². The van der Waals surface area contributed by atoms with Gasteiger partial charge in [0.15, 0.2) is 11.6 Å². The number of ketones is 2. The predicted molar refractivity (Wildman–Crippen MR) is 117 cm³/mol. The Balaban J connectivity index is 1.78. The number of fused-ring (bicyclic) bond motifs is 1. The molecule has 0 fully saturated rings. The lowest BCUT2D eigenvalue weighted by Gasteiger charge is -2.23. The molecule has 2 aromatic carbocycles. The minimum absolute atomic E-state index is 0.0572. The maximum absolute atomic E-state index is 13.1. The molecule has 3 rings (SSSR count). The normalized spacial score (nSPS) is 13.6. The van der Waals surface area contributed by atoms with Crippen molar-refractivity contribution < 1.29 is 34.1 Å². The minimum atomic E-state index is -1.03. The van der Waals surface area contributed by atoms with Crippen LogP contribution in [0.1, 0.15) is 47.4 Å². The number of aromatic hydroxyl groups is 2. The van der Waals surface area contributed by atoms with Gasteiger partial charge in [0.05, 0.1) is 24.2 Å². The number of hydrogen-bond donors (Lipinski definition) is 2. The molecule has 7 heteroatoms. The second-order valence-electron chi connectivity index (χ2n) is 7.55. The molecule has 0 saturated carbocycles. The average molecular weight is 436 g/mol. The summed E-state index contributed by atoms with van der Waals surface area (Å²) in [5, 5.41) is 20.1. The molecule has 0 aromatic heterocycles. The first-order valence-corrected chi connectivity index (χ1v) is 10.1. The molecule has 0 amide bonds. The van der Waals surface area contributed by atoms with Crippen LogP contribution in [0.15, 0.2) is 65.8 Å². The number of allylic oxidation sites excluding steroid dienone is 2. The van der Waals surface area contributed by atoms with Crippen molar-refractivity contribution >= 4 is 17.5 Å². The molecule has 32 heavy (non-hydrogen) atoms. The van der Waals surface area contributed by atoms with Crippen molar-refractivity contribution in [3.05, 3.63) is 76.9 Å². The molecule has 1 atom stereocenters. The van der Waals surface area contributed by atoms with E-state index < -0.39 is 35.1 Å². The Morgan fingerprint density at radius 3 is 2.31 bits per heavy atom. The summed E-state index contributed by atoms with van der Waals surface area (Å²) in [5.41, 5.74) is 0.327. The third kappa shape index (κ3) is 5.24. The summed E-state index contributed by atoms with van der Waals surface area (Å²) in [6.45, 7) is 3.80. The molecule has 0 unspecified atom stereocenters. The van der Waals surface area contributed by atoms with Crippen molar-refractivity contribution in [3.63, 3.8) is 0 Å². The van der Waals surface area contributed by atoms with Crippen LogP contribution in [0.2, 0.25) is 0 Å². The summed E-state index contributed by atoms with van der Waals surface area (Å²) in [5.74, 6) is -2.13. The summed E-state index contributed by atoms with van der Waals surface area (Å²) in [6.07, 6.45) is 1.93. The van der Waals surface area contributed by atoms with Gasteiger partial charge in [0.25, 0.3) is 0 Å². The highest BCUT2D eigenvalue weighted by Gasteiger charge is 2.35. The molecule has 1 aliphatic rings. The number of esters is 1. The van der Waals surface area contributed by atoms with E-state index >= 15 is 0 Å². The number of carbonyl (C=O) groups is 3. The van der Waals surface area contributed by atoms with E-state index in [9.17, 15) is 24.6 Å². The molecule has 1 aliphatic carbocycles. The second kappa shape index (κ2) is 9.96. The van der Waals surface area contributed by atoms with E-state index in [1.807, 2.05) is 32.0 Å². The lowest BCUT2D eigenvalue weighted by atomic mass is 9.85. The molecule has 166 valence electrons. The zero-order valence-electron chi connectivity index (χ0n) is 17.8. The fourth-order valence-corrected chi connectivity index (χ4v) is 3.29. The Hall–Kier alpha value is -3.87. The Morgan fingerprint density at radius 1 is 1.00 bits per heavy atom. The predicted octanol–water partition coefficient (Wildman–Crippen LogP) is 4.14. The third-order valence-electron chi connectivity index (χ3n) is 4.86. The van der Waals surface area contributed by atoms with E-state index in [2.05, 4.69) is 0 Å². The van der Waals surface area contributed by atoms with Gasteiger partial charge in [-0.2, -0.15) is 0 Å². The third-order valence-corrected chi connectivity index (χ3v) is 4.86. The van der Waals surface area contributed by atoms with Crippen LogP contribution in [-0.2, 0) is 9.53 Å². The SMILES string of the molecule is CC(C)=CC[C@@H](OC(=O)CCOc1ccccc1)C1=CC(=O)c2c(O)ccc(O)c2C1=O. The Bertz CT molecular complexity index is 1090. The fourth-order valence-electron chi connectivity index (χ4n) is 3.29. The first-order valence-electron chi connectivity index (χ1n) is 10.1. The highest BCUT2D eigenvalue weighted by Crippen LogP contribution is 2.36. The Labute approximate surface area is 185 Å². The van der Waals surface area contributed by atoms with Gasteiger partial charge in [0, 0.05) is 12.0 Å². The first kappa shape index (κ1) is 22.8.